The van der Waals surface area contributed by atoms with Gasteiger partial charge in [0.2, 0.25) is 0 Å². The standard InChI is InChI=1S/C20H23BrN6O/c1-13(28)15-6-2-3-7-17(15)25-18-9-19(23-11-14-5-4-8-22-10-14)27-20(26-18)16(21)12-24-27/h4-5,8-10,12,15,17,23H,2-3,6-7,11H2,1H3,(H,25,26)/t15-,17-/m1/s1. The third-order valence-corrected chi connectivity index (χ3v) is 5.81. The maximum atomic E-state index is 12.1. The first kappa shape index (κ1) is 18.9. The predicted molar refractivity (Wildman–Crippen MR) is 112 cm³/mol. The number of carbonyl (C=O) groups excluding carboxylic acids is 1. The molecule has 1 aliphatic rings. The Morgan fingerprint density at radius 3 is 2.96 bits per heavy atom. The Morgan fingerprint density at radius 2 is 2.18 bits per heavy atom. The molecule has 0 aromatic carbocycles. The maximum absolute atomic E-state index is 12.1. The lowest BCUT2D eigenvalue weighted by molar-refractivity contribution is -0.121. The van der Waals surface area contributed by atoms with E-state index in [0.29, 0.717) is 6.54 Å². The highest BCUT2D eigenvalue weighted by Crippen LogP contribution is 2.29. The van der Waals surface area contributed by atoms with Gasteiger partial charge in [0.15, 0.2) is 5.65 Å². The van der Waals surface area contributed by atoms with Crippen molar-refractivity contribution in [2.75, 3.05) is 10.6 Å². The van der Waals surface area contributed by atoms with Crippen molar-refractivity contribution >= 4 is 39.0 Å². The van der Waals surface area contributed by atoms with Gasteiger partial charge in [-0.3, -0.25) is 9.78 Å². The summed E-state index contributed by atoms with van der Waals surface area (Å²) in [5.74, 6) is 1.88. The predicted octanol–water partition coefficient (Wildman–Crippen LogP) is 4.06. The summed E-state index contributed by atoms with van der Waals surface area (Å²) in [4.78, 5) is 20.9. The Kier molecular flexibility index (Phi) is 5.57. The number of carbonyl (C=O) groups is 1. The number of nitrogens with one attached hydrogen (secondary N) is 2. The number of halogens is 1. The maximum Gasteiger partial charge on any atom is 0.173 e. The number of ketones is 1. The summed E-state index contributed by atoms with van der Waals surface area (Å²) in [6.45, 7) is 2.32. The van der Waals surface area contributed by atoms with Gasteiger partial charge in [0.1, 0.15) is 17.4 Å². The molecule has 1 aliphatic carbocycles. The number of fused-ring (bicyclic) bond motifs is 1. The summed E-state index contributed by atoms with van der Waals surface area (Å²) in [5.41, 5.74) is 1.81. The molecule has 0 spiro atoms. The Bertz CT molecular complexity index is 973. The van der Waals surface area contributed by atoms with Crippen molar-refractivity contribution in [1.82, 2.24) is 19.6 Å². The highest BCUT2D eigenvalue weighted by molar-refractivity contribution is 9.10. The first-order chi connectivity index (χ1) is 13.6. The number of anilines is 2. The van der Waals surface area contributed by atoms with E-state index in [-0.39, 0.29) is 17.7 Å². The van der Waals surface area contributed by atoms with Crippen LogP contribution in [-0.4, -0.2) is 31.4 Å². The second kappa shape index (κ2) is 8.26. The van der Waals surface area contributed by atoms with E-state index in [0.717, 1.165) is 53.0 Å². The summed E-state index contributed by atoms with van der Waals surface area (Å²) in [5, 5.41) is 11.3. The summed E-state index contributed by atoms with van der Waals surface area (Å²) in [7, 11) is 0. The number of nitrogens with zero attached hydrogens (tertiary/aromatic N) is 4. The Hall–Kier alpha value is -2.48. The molecule has 2 atom stereocenters. The van der Waals surface area contributed by atoms with Crippen LogP contribution in [0.15, 0.2) is 41.3 Å². The topological polar surface area (TPSA) is 84.2 Å². The molecule has 0 radical (unpaired) electrons. The van der Waals surface area contributed by atoms with Crippen LogP contribution in [0.25, 0.3) is 5.65 Å². The molecule has 1 saturated carbocycles. The first-order valence-electron chi connectivity index (χ1n) is 9.56. The molecular formula is C20H23BrN6O. The van der Waals surface area contributed by atoms with Gasteiger partial charge in [-0.2, -0.15) is 9.61 Å². The Morgan fingerprint density at radius 1 is 1.32 bits per heavy atom. The molecular weight excluding hydrogens is 420 g/mol. The molecule has 0 amide bonds. The van der Waals surface area contributed by atoms with Gasteiger partial charge in [-0.25, -0.2) is 4.98 Å². The molecule has 8 heteroatoms. The van der Waals surface area contributed by atoms with Crippen LogP contribution in [0.3, 0.4) is 0 Å². The van der Waals surface area contributed by atoms with Crippen molar-refractivity contribution in [2.24, 2.45) is 5.92 Å². The summed E-state index contributed by atoms with van der Waals surface area (Å²) < 4.78 is 2.60. The number of rotatable bonds is 6. The van der Waals surface area contributed by atoms with Crippen LogP contribution < -0.4 is 10.6 Å². The second-order valence-electron chi connectivity index (χ2n) is 7.22. The van der Waals surface area contributed by atoms with Crippen molar-refractivity contribution < 1.29 is 4.79 Å². The number of aromatic nitrogens is 4. The second-order valence-corrected chi connectivity index (χ2v) is 8.08. The van der Waals surface area contributed by atoms with Crippen molar-refractivity contribution in [3.63, 3.8) is 0 Å². The molecule has 1 fully saturated rings. The van der Waals surface area contributed by atoms with Crippen LogP contribution in [0.4, 0.5) is 11.6 Å². The van der Waals surface area contributed by atoms with Crippen LogP contribution in [-0.2, 0) is 11.3 Å². The molecule has 28 heavy (non-hydrogen) atoms. The molecule has 0 saturated heterocycles. The molecule has 7 nitrogen and oxygen atoms in total. The Labute approximate surface area is 172 Å². The summed E-state index contributed by atoms with van der Waals surface area (Å²) in [6, 6.07) is 6.01. The van der Waals surface area contributed by atoms with Crippen LogP contribution in [0.5, 0.6) is 0 Å². The highest BCUT2D eigenvalue weighted by Gasteiger charge is 2.29. The smallest absolute Gasteiger partial charge is 0.173 e. The first-order valence-corrected chi connectivity index (χ1v) is 10.3. The molecule has 3 heterocycles. The van der Waals surface area contributed by atoms with Crippen molar-refractivity contribution in [3.8, 4) is 0 Å². The normalized spacial score (nSPS) is 19.5. The van der Waals surface area contributed by atoms with E-state index >= 15 is 0 Å². The average molecular weight is 443 g/mol. The lowest BCUT2D eigenvalue weighted by Crippen LogP contribution is -2.36. The SMILES string of the molecule is CC(=O)[C@H]1CCCC[C@H]1Nc1cc(NCc2cccnc2)n2ncc(Br)c2n1. The summed E-state index contributed by atoms with van der Waals surface area (Å²) >= 11 is 3.53. The molecule has 3 aromatic heterocycles. The fraction of sp³-hybridized carbons (Fsp3) is 0.400. The zero-order valence-electron chi connectivity index (χ0n) is 15.7. The van der Waals surface area contributed by atoms with E-state index in [1.807, 2.05) is 24.4 Å². The molecule has 2 N–H and O–H groups in total. The lowest BCUT2D eigenvalue weighted by atomic mass is 9.82. The van der Waals surface area contributed by atoms with Gasteiger partial charge in [-0.15, -0.1) is 0 Å². The third kappa shape index (κ3) is 4.01. The monoisotopic (exact) mass is 442 g/mol. The van der Waals surface area contributed by atoms with Gasteiger partial charge in [0.25, 0.3) is 0 Å². The minimum Gasteiger partial charge on any atom is -0.366 e. The van der Waals surface area contributed by atoms with Gasteiger partial charge in [0.05, 0.1) is 10.7 Å². The molecule has 3 aromatic rings. The quantitative estimate of drug-likeness (QED) is 0.598. The van der Waals surface area contributed by atoms with Gasteiger partial charge in [-0.05, 0) is 47.3 Å². The Balaban J connectivity index is 1.61. The van der Waals surface area contributed by atoms with Gasteiger partial charge in [0, 0.05) is 37.0 Å². The van der Waals surface area contributed by atoms with Crippen molar-refractivity contribution in [1.29, 1.82) is 0 Å². The molecule has 0 bridgehead atoms. The summed E-state index contributed by atoms with van der Waals surface area (Å²) in [6.07, 6.45) is 9.50. The van der Waals surface area contributed by atoms with E-state index in [2.05, 4.69) is 36.6 Å². The lowest BCUT2D eigenvalue weighted by Gasteiger charge is -2.31. The van der Waals surface area contributed by atoms with Gasteiger partial charge < -0.3 is 10.6 Å². The minimum atomic E-state index is 0.0481. The zero-order valence-corrected chi connectivity index (χ0v) is 17.3. The van der Waals surface area contributed by atoms with E-state index < -0.39 is 0 Å². The van der Waals surface area contributed by atoms with E-state index in [1.165, 1.54) is 0 Å². The van der Waals surface area contributed by atoms with Crippen molar-refractivity contribution in [2.45, 2.75) is 45.2 Å². The van der Waals surface area contributed by atoms with Crippen LogP contribution in [0.1, 0.15) is 38.2 Å². The number of hydrogen-bond acceptors (Lipinski definition) is 6. The van der Waals surface area contributed by atoms with Gasteiger partial charge >= 0.3 is 0 Å². The number of hydrogen-bond donors (Lipinski definition) is 2. The molecule has 0 unspecified atom stereocenters. The number of Topliss-reactive ketones (excluding diaryl/α,β-unsaturated/α-hetero) is 1. The van der Waals surface area contributed by atoms with Crippen molar-refractivity contribution in [3.05, 3.63) is 46.8 Å². The van der Waals surface area contributed by atoms with E-state index in [9.17, 15) is 4.79 Å². The highest BCUT2D eigenvalue weighted by atomic mass is 79.9. The average Bonchev–Trinajstić information content (AvgIpc) is 3.08. The van der Waals surface area contributed by atoms with Crippen LogP contribution in [0.2, 0.25) is 0 Å². The number of pyridine rings is 1. The van der Waals surface area contributed by atoms with Crippen LogP contribution >= 0.6 is 15.9 Å². The largest absolute Gasteiger partial charge is 0.366 e. The molecule has 0 aliphatic heterocycles. The molecule has 4 rings (SSSR count). The van der Waals surface area contributed by atoms with Gasteiger partial charge in [-0.1, -0.05) is 18.9 Å². The van der Waals surface area contributed by atoms with E-state index in [1.54, 1.807) is 23.8 Å². The fourth-order valence-corrected chi connectivity index (χ4v) is 4.16. The third-order valence-electron chi connectivity index (χ3n) is 5.25. The minimum absolute atomic E-state index is 0.0481. The van der Waals surface area contributed by atoms with Crippen LogP contribution in [0, 0.1) is 5.92 Å². The van der Waals surface area contributed by atoms with E-state index in [4.69, 9.17) is 4.98 Å². The fourth-order valence-electron chi connectivity index (χ4n) is 3.81. The zero-order chi connectivity index (χ0) is 19.5. The molecule has 146 valence electrons.